The van der Waals surface area contributed by atoms with Crippen molar-refractivity contribution >= 4 is 38.8 Å². The van der Waals surface area contributed by atoms with Gasteiger partial charge in [0, 0.05) is 3.64 Å². The highest BCUT2D eigenvalue weighted by molar-refractivity contribution is 9.25. The minimum absolute atomic E-state index is 1.51. The summed E-state index contributed by atoms with van der Waals surface area (Å²) in [6.07, 6.45) is 0. The molecule has 0 radical (unpaired) electrons. The van der Waals surface area contributed by atoms with Gasteiger partial charge in [-0.1, -0.05) is 0 Å². The molecule has 0 atom stereocenters. The van der Waals surface area contributed by atoms with E-state index in [1.54, 1.807) is 0 Å². The Hall–Kier alpha value is 0.815. The molecular formula is CHBBr2F3-. The zero-order chi connectivity index (χ0) is 6.08. The molecule has 0 aromatic rings. The highest BCUT2D eigenvalue weighted by Gasteiger charge is 2.30. The summed E-state index contributed by atoms with van der Waals surface area (Å²) in [4.78, 5) is 0. The first-order valence-electron chi connectivity index (χ1n) is 1.42. The van der Waals surface area contributed by atoms with Gasteiger partial charge < -0.3 is 12.9 Å². The molecule has 0 unspecified atom stereocenters. The van der Waals surface area contributed by atoms with E-state index >= 15 is 0 Å². The van der Waals surface area contributed by atoms with Gasteiger partial charge in [0.2, 0.25) is 0 Å². The van der Waals surface area contributed by atoms with E-state index in [0.29, 0.717) is 0 Å². The Balaban J connectivity index is 3.54. The summed E-state index contributed by atoms with van der Waals surface area (Å²) in [5.41, 5.74) is 0. The molecule has 0 aromatic carbocycles. The van der Waals surface area contributed by atoms with Crippen LogP contribution in [0.3, 0.4) is 0 Å². The van der Waals surface area contributed by atoms with Crippen molar-refractivity contribution in [3.63, 3.8) is 0 Å². The van der Waals surface area contributed by atoms with Crippen molar-refractivity contribution < 1.29 is 12.9 Å². The molecule has 0 heterocycles. The Bertz CT molecular complexity index is 58.4. The van der Waals surface area contributed by atoms with Gasteiger partial charge in [-0.2, -0.15) is 0 Å². The van der Waals surface area contributed by atoms with E-state index < -0.39 is 10.6 Å². The lowest BCUT2D eigenvalue weighted by atomic mass is 9.98. The molecule has 0 aliphatic carbocycles. The Morgan fingerprint density at radius 3 is 1.29 bits per heavy atom. The molecule has 0 aromatic heterocycles. The van der Waals surface area contributed by atoms with Crippen LogP contribution in [0.4, 0.5) is 12.9 Å². The number of halogens is 5. The van der Waals surface area contributed by atoms with E-state index in [2.05, 4.69) is 31.9 Å². The lowest BCUT2D eigenvalue weighted by Crippen LogP contribution is -2.23. The molecule has 0 rings (SSSR count). The van der Waals surface area contributed by atoms with Crippen LogP contribution >= 0.6 is 31.9 Å². The molecule has 6 heteroatoms. The summed E-state index contributed by atoms with van der Waals surface area (Å²) in [6, 6.07) is 0. The van der Waals surface area contributed by atoms with E-state index in [1.807, 2.05) is 0 Å². The van der Waals surface area contributed by atoms with E-state index in [4.69, 9.17) is 0 Å². The standard InChI is InChI=1S/CHBBr2F3/c3-1(4)2(5,6)7/h1H/q-1. The normalized spacial score (nSPS) is 12.9. The van der Waals surface area contributed by atoms with Crippen LogP contribution in [0, 0.1) is 0 Å². The maximum absolute atomic E-state index is 11.1. The van der Waals surface area contributed by atoms with Gasteiger partial charge in [0.15, 0.2) is 0 Å². The third kappa shape index (κ3) is 3.40. The second-order valence-corrected chi connectivity index (χ2v) is 4.16. The molecule has 44 valence electrons. The average molecular weight is 241 g/mol. The van der Waals surface area contributed by atoms with Crippen molar-refractivity contribution in [2.45, 2.75) is 3.64 Å². The monoisotopic (exact) mass is 239 g/mol. The molecule has 0 spiro atoms. The van der Waals surface area contributed by atoms with E-state index in [-0.39, 0.29) is 0 Å². The first-order valence-corrected chi connectivity index (χ1v) is 3.26. The Kier molecular flexibility index (Phi) is 2.67. The van der Waals surface area contributed by atoms with Crippen LogP contribution in [0.2, 0.25) is 0 Å². The lowest BCUT2D eigenvalue weighted by Gasteiger charge is -2.13. The predicted molar refractivity (Wildman–Crippen MR) is 30.7 cm³/mol. The van der Waals surface area contributed by atoms with Crippen molar-refractivity contribution in [3.05, 3.63) is 0 Å². The molecule has 0 saturated carbocycles. The van der Waals surface area contributed by atoms with E-state index in [1.165, 1.54) is 0 Å². The highest BCUT2D eigenvalue weighted by Crippen LogP contribution is 2.25. The van der Waals surface area contributed by atoms with E-state index in [9.17, 15) is 12.9 Å². The summed E-state index contributed by atoms with van der Waals surface area (Å²) < 4.78 is 31.9. The van der Waals surface area contributed by atoms with Crippen molar-refractivity contribution in [2.24, 2.45) is 0 Å². The molecule has 0 aliphatic rings. The number of hydrogen-bond donors (Lipinski definition) is 0. The average Bonchev–Trinajstić information content (AvgIpc) is 1.31. The van der Waals surface area contributed by atoms with Crippen molar-refractivity contribution in [1.82, 2.24) is 0 Å². The van der Waals surface area contributed by atoms with Crippen LogP contribution in [-0.4, -0.2) is 10.6 Å². The zero-order valence-electron chi connectivity index (χ0n) is 3.04. The first kappa shape index (κ1) is 7.81. The SMILES string of the molecule is F[B-](F)(F)C(Br)Br. The third-order valence-electron chi connectivity index (χ3n) is 0.286. The van der Waals surface area contributed by atoms with E-state index in [0.717, 1.165) is 0 Å². The fraction of sp³-hybridized carbons (Fsp3) is 1.00. The molecule has 0 aliphatic heterocycles. The summed E-state index contributed by atoms with van der Waals surface area (Å²) in [6.45, 7) is -4.72. The molecular weight excluding hydrogens is 240 g/mol. The second kappa shape index (κ2) is 2.39. The zero-order valence-corrected chi connectivity index (χ0v) is 6.22. The molecule has 0 bridgehead atoms. The van der Waals surface area contributed by atoms with Crippen LogP contribution in [0.25, 0.3) is 0 Å². The minimum Gasteiger partial charge on any atom is -0.448 e. The Labute approximate surface area is 55.8 Å². The topological polar surface area (TPSA) is 0 Å². The predicted octanol–water partition coefficient (Wildman–Crippen LogP) is 2.49. The van der Waals surface area contributed by atoms with Crippen molar-refractivity contribution in [1.29, 1.82) is 0 Å². The van der Waals surface area contributed by atoms with Crippen LogP contribution in [0.5, 0.6) is 0 Å². The molecule has 0 amide bonds. The van der Waals surface area contributed by atoms with Gasteiger partial charge in [-0.3, -0.25) is 0 Å². The number of alkyl halides is 2. The summed E-state index contributed by atoms with van der Waals surface area (Å²) in [7, 11) is 0. The number of rotatable bonds is 1. The Morgan fingerprint density at radius 1 is 1.14 bits per heavy atom. The Morgan fingerprint density at radius 2 is 1.29 bits per heavy atom. The van der Waals surface area contributed by atoms with Crippen molar-refractivity contribution in [2.75, 3.05) is 0 Å². The van der Waals surface area contributed by atoms with Gasteiger partial charge in [-0.15, -0.1) is 31.9 Å². The summed E-state index contributed by atoms with van der Waals surface area (Å²) >= 11 is 4.63. The molecule has 0 N–H and O–H groups in total. The second-order valence-electron chi connectivity index (χ2n) is 0.960. The van der Waals surface area contributed by atoms with Gasteiger partial charge in [-0.05, 0) is 0 Å². The van der Waals surface area contributed by atoms with Crippen LogP contribution < -0.4 is 0 Å². The third-order valence-corrected chi connectivity index (χ3v) is 1.48. The van der Waals surface area contributed by atoms with Crippen LogP contribution in [-0.2, 0) is 0 Å². The van der Waals surface area contributed by atoms with Gasteiger partial charge in [0.1, 0.15) is 0 Å². The fourth-order valence-electron chi connectivity index (χ4n) is 0. The summed E-state index contributed by atoms with van der Waals surface area (Å²) in [5, 5.41) is 0. The maximum Gasteiger partial charge on any atom is 0.502 e. The molecule has 7 heavy (non-hydrogen) atoms. The molecule has 0 saturated heterocycles. The van der Waals surface area contributed by atoms with Crippen LogP contribution in [0.1, 0.15) is 0 Å². The van der Waals surface area contributed by atoms with Gasteiger partial charge in [-0.25, -0.2) is 0 Å². The highest BCUT2D eigenvalue weighted by atomic mass is 79.9. The smallest absolute Gasteiger partial charge is 0.448 e. The largest absolute Gasteiger partial charge is 0.502 e. The molecule has 0 nitrogen and oxygen atoms in total. The lowest BCUT2D eigenvalue weighted by molar-refractivity contribution is 0.482. The van der Waals surface area contributed by atoms with Gasteiger partial charge >= 0.3 is 6.98 Å². The van der Waals surface area contributed by atoms with Gasteiger partial charge in [0.25, 0.3) is 0 Å². The fourth-order valence-corrected chi connectivity index (χ4v) is 0. The van der Waals surface area contributed by atoms with Crippen LogP contribution in [0.15, 0.2) is 0 Å². The quantitative estimate of drug-likeness (QED) is 0.488. The van der Waals surface area contributed by atoms with Gasteiger partial charge in [0.05, 0.1) is 0 Å². The molecule has 0 fully saturated rings. The van der Waals surface area contributed by atoms with Crippen molar-refractivity contribution in [3.8, 4) is 0 Å². The minimum atomic E-state index is -4.72. The number of hydrogen-bond acceptors (Lipinski definition) is 0. The summed E-state index contributed by atoms with van der Waals surface area (Å²) in [5.74, 6) is 0. The first-order chi connectivity index (χ1) is 2.94. The maximum atomic E-state index is 11.1.